The van der Waals surface area contributed by atoms with Crippen molar-refractivity contribution in [3.05, 3.63) is 81.9 Å². The third-order valence-electron chi connectivity index (χ3n) is 5.51. The lowest BCUT2D eigenvalue weighted by Crippen LogP contribution is -2.20. The molecule has 0 aliphatic carbocycles. The molecule has 0 bridgehead atoms. The summed E-state index contributed by atoms with van der Waals surface area (Å²) in [4.78, 5) is 25.0. The first-order valence-electron chi connectivity index (χ1n) is 10.9. The Balaban J connectivity index is 1.91. The molecule has 0 atom stereocenters. The maximum atomic E-state index is 13.4. The number of amides is 2. The van der Waals surface area contributed by atoms with Crippen molar-refractivity contribution in [1.82, 2.24) is 0 Å². The van der Waals surface area contributed by atoms with Crippen LogP contribution >= 0.6 is 0 Å². The van der Waals surface area contributed by atoms with Gasteiger partial charge >= 0.3 is 24.7 Å². The van der Waals surface area contributed by atoms with Crippen molar-refractivity contribution in [3.63, 3.8) is 0 Å². The average Bonchev–Trinajstić information content (AvgIpc) is 2.83. The maximum Gasteiger partial charge on any atom is 0.418 e. The van der Waals surface area contributed by atoms with E-state index in [9.17, 15) is 62.3 Å². The molecule has 0 heterocycles. The Morgan fingerprint density at radius 1 is 0.476 bits per heavy atom. The molecule has 42 heavy (non-hydrogen) atoms. The summed E-state index contributed by atoms with van der Waals surface area (Å²) in [5.41, 5.74) is -2.76. The Morgan fingerprint density at radius 2 is 0.738 bits per heavy atom. The van der Waals surface area contributed by atoms with Gasteiger partial charge in [0.15, 0.2) is 0 Å². The molecule has 3 aromatic carbocycles. The molecule has 0 saturated carbocycles. The van der Waals surface area contributed by atoms with E-state index in [-0.39, 0.29) is 24.3 Å². The maximum absolute atomic E-state index is 13.4. The summed E-state index contributed by atoms with van der Waals surface area (Å²) in [7, 11) is 0. The SMILES string of the molecule is Nc1cc(C(F)(F)F)c(NC(=O)c2ccc(C(=O)Nc3cc(C(F)(F)F)c(N)cc3C(F)(F)F)cc2)cc1C(F)(F)F. The highest BCUT2D eigenvalue weighted by Crippen LogP contribution is 2.43. The number of rotatable bonds is 4. The van der Waals surface area contributed by atoms with Crippen LogP contribution in [0, 0.1) is 0 Å². The molecule has 226 valence electrons. The molecule has 0 saturated heterocycles. The van der Waals surface area contributed by atoms with E-state index in [1.165, 1.54) is 0 Å². The fraction of sp³-hybridized carbons (Fsp3) is 0.167. The molecule has 0 spiro atoms. The minimum absolute atomic E-state index is 0.0253. The van der Waals surface area contributed by atoms with Crippen LogP contribution in [0.3, 0.4) is 0 Å². The monoisotopic (exact) mass is 618 g/mol. The van der Waals surface area contributed by atoms with Gasteiger partial charge < -0.3 is 22.1 Å². The van der Waals surface area contributed by atoms with Crippen LogP contribution in [-0.2, 0) is 24.7 Å². The van der Waals surface area contributed by atoms with Crippen LogP contribution in [0.15, 0.2) is 48.5 Å². The van der Waals surface area contributed by atoms with Crippen molar-refractivity contribution < 1.29 is 62.3 Å². The zero-order valence-electron chi connectivity index (χ0n) is 20.1. The first-order valence-corrected chi connectivity index (χ1v) is 10.9. The van der Waals surface area contributed by atoms with Crippen molar-refractivity contribution in [2.24, 2.45) is 0 Å². The normalized spacial score (nSPS) is 12.7. The molecular weight excluding hydrogens is 604 g/mol. The Bertz CT molecular complexity index is 1410. The number of nitrogens with one attached hydrogen (secondary N) is 2. The van der Waals surface area contributed by atoms with Crippen LogP contribution < -0.4 is 22.1 Å². The third kappa shape index (κ3) is 6.98. The molecule has 6 nitrogen and oxygen atoms in total. The van der Waals surface area contributed by atoms with E-state index in [0.29, 0.717) is 0 Å². The molecule has 0 aliphatic rings. The Kier molecular flexibility index (Phi) is 8.08. The summed E-state index contributed by atoms with van der Waals surface area (Å²) in [6.07, 6.45) is -20.8. The second-order valence-corrected chi connectivity index (χ2v) is 8.45. The van der Waals surface area contributed by atoms with Gasteiger partial charge in [-0.3, -0.25) is 9.59 Å². The number of hydrogen-bond donors (Lipinski definition) is 4. The molecule has 0 radical (unpaired) electrons. The second kappa shape index (κ2) is 10.6. The number of anilines is 4. The number of halogens is 12. The zero-order valence-corrected chi connectivity index (χ0v) is 20.1. The minimum atomic E-state index is -5.24. The standard InChI is InChI=1S/C24H14F12N4O2/c25-21(26,27)11-7-17(13(5-15(11)37)23(31,32)33)39-19(41)9-1-2-10(4-3-9)20(42)40-18-8-12(22(28,29)30)16(38)6-14(18)24(34,35)36/h1-8H,37-38H2,(H,39,41)(H,40,42). The van der Waals surface area contributed by atoms with Gasteiger partial charge in [-0.15, -0.1) is 0 Å². The number of carbonyl (C=O) groups is 2. The van der Waals surface area contributed by atoms with Crippen LogP contribution in [0.4, 0.5) is 75.4 Å². The first-order chi connectivity index (χ1) is 19.0. The van der Waals surface area contributed by atoms with Crippen LogP contribution in [-0.4, -0.2) is 11.8 Å². The minimum Gasteiger partial charge on any atom is -0.398 e. The Hall–Kier alpha value is -4.64. The van der Waals surface area contributed by atoms with E-state index in [0.717, 1.165) is 24.3 Å². The lowest BCUT2D eigenvalue weighted by atomic mass is 10.0. The van der Waals surface area contributed by atoms with E-state index in [1.807, 2.05) is 0 Å². The summed E-state index contributed by atoms with van der Waals surface area (Å²) < 4.78 is 159. The number of hydrogen-bond acceptors (Lipinski definition) is 4. The predicted molar refractivity (Wildman–Crippen MR) is 124 cm³/mol. The van der Waals surface area contributed by atoms with Crippen molar-refractivity contribution >= 4 is 34.6 Å². The van der Waals surface area contributed by atoms with Gasteiger partial charge in [0.1, 0.15) is 0 Å². The highest BCUT2D eigenvalue weighted by Gasteiger charge is 2.41. The number of benzene rings is 3. The van der Waals surface area contributed by atoms with Gasteiger partial charge in [0.25, 0.3) is 11.8 Å². The van der Waals surface area contributed by atoms with Gasteiger partial charge in [0, 0.05) is 22.5 Å². The van der Waals surface area contributed by atoms with E-state index in [2.05, 4.69) is 0 Å². The summed E-state index contributed by atoms with van der Waals surface area (Å²) in [5.74, 6) is -2.78. The van der Waals surface area contributed by atoms with Crippen molar-refractivity contribution in [1.29, 1.82) is 0 Å². The zero-order chi connectivity index (χ0) is 32.0. The molecule has 18 heteroatoms. The van der Waals surface area contributed by atoms with Gasteiger partial charge in [-0.25, -0.2) is 0 Å². The number of nitrogens with two attached hydrogens (primary N) is 2. The van der Waals surface area contributed by atoms with Crippen molar-refractivity contribution in [2.75, 3.05) is 22.1 Å². The van der Waals surface area contributed by atoms with E-state index < -0.39 is 92.6 Å². The number of nitrogen functional groups attached to an aromatic ring is 2. The van der Waals surface area contributed by atoms with Gasteiger partial charge in [0.05, 0.1) is 33.6 Å². The van der Waals surface area contributed by atoms with E-state index in [1.54, 1.807) is 10.6 Å². The molecular formula is C24H14F12N4O2. The Labute approximate surface area is 226 Å². The van der Waals surface area contributed by atoms with Crippen molar-refractivity contribution in [3.8, 4) is 0 Å². The van der Waals surface area contributed by atoms with Gasteiger partial charge in [-0.2, -0.15) is 52.7 Å². The first kappa shape index (κ1) is 31.9. The fourth-order valence-corrected chi connectivity index (χ4v) is 3.56. The third-order valence-corrected chi connectivity index (χ3v) is 5.51. The summed E-state index contributed by atoms with van der Waals surface area (Å²) in [6, 6.07) is 2.98. The Morgan fingerprint density at radius 3 is 0.976 bits per heavy atom. The predicted octanol–water partition coefficient (Wildman–Crippen LogP) is 7.43. The lowest BCUT2D eigenvalue weighted by Gasteiger charge is -2.19. The molecule has 2 amide bonds. The molecule has 0 aromatic heterocycles. The van der Waals surface area contributed by atoms with Crippen LogP contribution in [0.25, 0.3) is 0 Å². The van der Waals surface area contributed by atoms with Crippen LogP contribution in [0.5, 0.6) is 0 Å². The second-order valence-electron chi connectivity index (χ2n) is 8.45. The summed E-state index contributed by atoms with van der Waals surface area (Å²) in [6.45, 7) is 0. The van der Waals surface area contributed by atoms with Crippen LogP contribution in [0.1, 0.15) is 43.0 Å². The molecule has 0 fully saturated rings. The summed E-state index contributed by atoms with van der Waals surface area (Å²) in [5, 5.41) is 3.31. The highest BCUT2D eigenvalue weighted by atomic mass is 19.4. The van der Waals surface area contributed by atoms with Crippen LogP contribution in [0.2, 0.25) is 0 Å². The van der Waals surface area contributed by atoms with Gasteiger partial charge in [-0.05, 0) is 48.5 Å². The van der Waals surface area contributed by atoms with Crippen molar-refractivity contribution in [2.45, 2.75) is 24.7 Å². The molecule has 3 aromatic rings. The lowest BCUT2D eigenvalue weighted by molar-refractivity contribution is -0.140. The highest BCUT2D eigenvalue weighted by molar-refractivity contribution is 6.07. The van der Waals surface area contributed by atoms with E-state index in [4.69, 9.17) is 11.5 Å². The fourth-order valence-electron chi connectivity index (χ4n) is 3.56. The molecule has 0 unspecified atom stereocenters. The largest absolute Gasteiger partial charge is 0.418 e. The molecule has 6 N–H and O–H groups in total. The number of alkyl halides is 12. The van der Waals surface area contributed by atoms with Gasteiger partial charge in [-0.1, -0.05) is 0 Å². The van der Waals surface area contributed by atoms with E-state index >= 15 is 0 Å². The number of carbonyl (C=O) groups excluding carboxylic acids is 2. The smallest absolute Gasteiger partial charge is 0.398 e. The topological polar surface area (TPSA) is 110 Å². The van der Waals surface area contributed by atoms with Gasteiger partial charge in [0.2, 0.25) is 0 Å². The average molecular weight is 618 g/mol. The summed E-state index contributed by atoms with van der Waals surface area (Å²) >= 11 is 0. The molecule has 3 rings (SSSR count). The molecule has 0 aliphatic heterocycles. The quantitative estimate of drug-likeness (QED) is 0.180.